The van der Waals surface area contributed by atoms with Crippen LogP contribution in [0.4, 0.5) is 0 Å². The van der Waals surface area contributed by atoms with Crippen LogP contribution in [0.15, 0.2) is 23.8 Å². The Morgan fingerprint density at radius 1 is 1.43 bits per heavy atom. The number of esters is 1. The number of rotatable bonds is 3. The Kier molecular flexibility index (Phi) is 3.45. The van der Waals surface area contributed by atoms with Gasteiger partial charge in [-0.05, 0) is 55.5 Å². The Bertz CT molecular complexity index is 1130. The standard InChI is InChI=1S/C24H32O6/c1-13-9-16-17-6-8-24(29,20(28)12-30-14(2)25)23(17,4)11-19(27)21(16)22(3)7-5-15(26)10-18(13)22/h5,7,10,13,16-17,19,21,27,29H,6,8-9,11-12H2,1-4H3/t13-,16?,17?,19-,21+,22-,23-,24-/m0/s1/i5D,10D,11D2,13D,21D. The van der Waals surface area contributed by atoms with Crippen LogP contribution in [0.5, 0.6) is 0 Å². The molecular weight excluding hydrogens is 384 g/mol. The molecule has 4 aliphatic rings. The van der Waals surface area contributed by atoms with Gasteiger partial charge < -0.3 is 14.9 Å². The normalized spacial score (nSPS) is 57.2. The van der Waals surface area contributed by atoms with Crippen molar-refractivity contribution in [2.24, 2.45) is 34.5 Å². The van der Waals surface area contributed by atoms with E-state index in [9.17, 15) is 26.0 Å². The largest absolute Gasteiger partial charge is 0.458 e. The number of aliphatic hydroxyl groups is 2. The first-order chi connectivity index (χ1) is 16.2. The number of allylic oxidation sites excluding steroid dienone is 4. The van der Waals surface area contributed by atoms with Crippen LogP contribution in [0.1, 0.15) is 61.6 Å². The summed E-state index contributed by atoms with van der Waals surface area (Å²) in [6.45, 7) is 4.64. The topological polar surface area (TPSA) is 101 Å². The van der Waals surface area contributed by atoms with Crippen LogP contribution >= 0.6 is 0 Å². The lowest BCUT2D eigenvalue weighted by Crippen LogP contribution is -2.62. The Morgan fingerprint density at radius 2 is 2.13 bits per heavy atom. The van der Waals surface area contributed by atoms with Crippen molar-refractivity contribution in [2.75, 3.05) is 6.61 Å². The van der Waals surface area contributed by atoms with Crippen molar-refractivity contribution < 1.29 is 37.6 Å². The Hall–Kier alpha value is -1.79. The summed E-state index contributed by atoms with van der Waals surface area (Å²) in [6, 6.07) is -1.15. The minimum absolute atomic E-state index is 0.0418. The van der Waals surface area contributed by atoms with Crippen LogP contribution in [-0.4, -0.2) is 46.1 Å². The lowest BCUT2D eigenvalue weighted by atomic mass is 9.45. The van der Waals surface area contributed by atoms with Gasteiger partial charge in [-0.2, -0.15) is 0 Å². The van der Waals surface area contributed by atoms with Gasteiger partial charge in [0.1, 0.15) is 5.60 Å². The van der Waals surface area contributed by atoms with Crippen LogP contribution in [0.2, 0.25) is 0 Å². The zero-order valence-corrected chi connectivity index (χ0v) is 17.7. The van der Waals surface area contributed by atoms with E-state index in [1.807, 2.05) is 0 Å². The van der Waals surface area contributed by atoms with Gasteiger partial charge in [-0.15, -0.1) is 0 Å². The molecular formula is C24H32O6. The van der Waals surface area contributed by atoms with E-state index in [4.69, 9.17) is 11.6 Å². The summed E-state index contributed by atoms with van der Waals surface area (Å²) in [7, 11) is 0. The molecule has 164 valence electrons. The number of aliphatic hydroxyl groups excluding tert-OH is 1. The summed E-state index contributed by atoms with van der Waals surface area (Å²) >= 11 is 0. The van der Waals surface area contributed by atoms with Gasteiger partial charge in [0.05, 0.1) is 8.85 Å². The molecule has 0 bridgehead atoms. The SMILES string of the molecule is [2H]C1=C[C@@]2(C)C(=C([2H])C1=O)[C@@]([2H])(C)CC1C3CC[C@](O)(C(=O)COC(C)=O)[C@@]3(C)C([2H])([2H])[C@H](O)[C@@]12[2H]. The predicted molar refractivity (Wildman–Crippen MR) is 109 cm³/mol. The molecule has 3 fully saturated rings. The zero-order valence-electron chi connectivity index (χ0n) is 23.7. The summed E-state index contributed by atoms with van der Waals surface area (Å²) < 4.78 is 58.1. The average Bonchev–Trinajstić information content (AvgIpc) is 3.04. The third kappa shape index (κ3) is 2.79. The highest BCUT2D eigenvalue weighted by Crippen LogP contribution is 2.67. The second kappa shape index (κ2) is 6.86. The second-order valence-electron chi connectivity index (χ2n) is 9.32. The van der Waals surface area contributed by atoms with Gasteiger partial charge in [-0.3, -0.25) is 14.4 Å². The van der Waals surface area contributed by atoms with Crippen LogP contribution in [0.25, 0.3) is 0 Å². The number of carbonyl (C=O) groups is 3. The smallest absolute Gasteiger partial charge is 0.303 e. The van der Waals surface area contributed by atoms with Gasteiger partial charge >= 0.3 is 5.97 Å². The number of hydrogen-bond acceptors (Lipinski definition) is 6. The highest BCUT2D eigenvalue weighted by atomic mass is 16.5. The fraction of sp³-hybridized carbons (Fsp3) is 0.708. The Balaban J connectivity index is 1.94. The maximum atomic E-state index is 13.1. The summed E-state index contributed by atoms with van der Waals surface area (Å²) in [4.78, 5) is 36.9. The van der Waals surface area contributed by atoms with Crippen molar-refractivity contribution in [1.29, 1.82) is 0 Å². The minimum atomic E-state index is -2.73. The minimum Gasteiger partial charge on any atom is -0.458 e. The van der Waals surface area contributed by atoms with E-state index in [-0.39, 0.29) is 24.8 Å². The molecule has 0 radical (unpaired) electrons. The fourth-order valence-corrected chi connectivity index (χ4v) is 6.24. The lowest BCUT2D eigenvalue weighted by Gasteiger charge is -2.60. The van der Waals surface area contributed by atoms with E-state index in [1.54, 1.807) is 0 Å². The first-order valence-electron chi connectivity index (χ1n) is 13.3. The van der Waals surface area contributed by atoms with Crippen molar-refractivity contribution in [3.63, 3.8) is 0 Å². The van der Waals surface area contributed by atoms with E-state index in [0.29, 0.717) is 0 Å². The molecule has 0 amide bonds. The number of Topliss-reactive ketones (excluding diaryl/α,β-unsaturated/α-hetero) is 1. The second-order valence-corrected chi connectivity index (χ2v) is 9.32. The molecule has 0 aromatic carbocycles. The van der Waals surface area contributed by atoms with Crippen LogP contribution < -0.4 is 0 Å². The van der Waals surface area contributed by atoms with Gasteiger partial charge in [0.25, 0.3) is 0 Å². The molecule has 4 aliphatic carbocycles. The van der Waals surface area contributed by atoms with Crippen molar-refractivity contribution in [1.82, 2.24) is 0 Å². The molecule has 6 heteroatoms. The fourth-order valence-electron chi connectivity index (χ4n) is 6.24. The molecule has 0 spiro atoms. The quantitative estimate of drug-likeness (QED) is 0.677. The van der Waals surface area contributed by atoms with Crippen molar-refractivity contribution in [3.8, 4) is 0 Å². The molecule has 0 aliphatic heterocycles. The highest BCUT2D eigenvalue weighted by molar-refractivity contribution is 6.01. The van der Waals surface area contributed by atoms with Gasteiger partial charge in [-0.25, -0.2) is 0 Å². The first-order valence-corrected chi connectivity index (χ1v) is 10.3. The molecule has 6 nitrogen and oxygen atoms in total. The lowest BCUT2D eigenvalue weighted by molar-refractivity contribution is -0.182. The number of carbonyl (C=O) groups excluding carboxylic acids is 3. The van der Waals surface area contributed by atoms with Gasteiger partial charge in [0.15, 0.2) is 12.4 Å². The average molecular weight is 423 g/mol. The molecule has 0 saturated heterocycles. The van der Waals surface area contributed by atoms with Crippen molar-refractivity contribution >= 4 is 17.5 Å². The number of ketones is 2. The van der Waals surface area contributed by atoms with Crippen molar-refractivity contribution in [2.45, 2.75) is 65.0 Å². The Labute approximate surface area is 185 Å². The van der Waals surface area contributed by atoms with Crippen LogP contribution in [0.3, 0.4) is 0 Å². The molecule has 2 N–H and O–H groups in total. The predicted octanol–water partition coefficient (Wildman–Crippen LogP) is 2.37. The third-order valence-electron chi connectivity index (χ3n) is 7.70. The highest BCUT2D eigenvalue weighted by Gasteiger charge is 2.68. The van der Waals surface area contributed by atoms with Crippen molar-refractivity contribution in [3.05, 3.63) is 23.8 Å². The number of ether oxygens (including phenoxy) is 1. The first kappa shape index (κ1) is 15.1. The maximum absolute atomic E-state index is 13.1. The molecule has 30 heavy (non-hydrogen) atoms. The molecule has 8 atom stereocenters. The van der Waals surface area contributed by atoms with E-state index < -0.39 is 88.8 Å². The zero-order chi connectivity index (χ0) is 27.4. The molecule has 0 aromatic rings. The van der Waals surface area contributed by atoms with E-state index in [1.165, 1.54) is 20.8 Å². The summed E-state index contributed by atoms with van der Waals surface area (Å²) in [5.41, 5.74) is -5.96. The van der Waals surface area contributed by atoms with Crippen LogP contribution in [0, 0.1) is 34.5 Å². The number of fused-ring (bicyclic) bond motifs is 5. The molecule has 2 unspecified atom stereocenters. The molecule has 0 heterocycles. The summed E-state index contributed by atoms with van der Waals surface area (Å²) in [5, 5.41) is 23.3. The molecule has 3 saturated carbocycles. The molecule has 4 rings (SSSR count). The Morgan fingerprint density at radius 3 is 2.80 bits per heavy atom. The summed E-state index contributed by atoms with van der Waals surface area (Å²) in [5.74, 6) is -8.01. The van der Waals surface area contributed by atoms with E-state index in [2.05, 4.69) is 0 Å². The molecule has 0 aromatic heterocycles. The summed E-state index contributed by atoms with van der Waals surface area (Å²) in [6.07, 6.45) is -3.90. The van der Waals surface area contributed by atoms with Crippen LogP contribution in [-0.2, 0) is 19.1 Å². The monoisotopic (exact) mass is 422 g/mol. The van der Waals surface area contributed by atoms with Gasteiger partial charge in [0.2, 0.25) is 5.78 Å². The maximum Gasteiger partial charge on any atom is 0.303 e. The van der Waals surface area contributed by atoms with E-state index >= 15 is 0 Å². The third-order valence-corrected chi connectivity index (χ3v) is 7.70. The van der Waals surface area contributed by atoms with Gasteiger partial charge in [0, 0.05) is 29.1 Å². The van der Waals surface area contributed by atoms with E-state index in [0.717, 1.165) is 13.0 Å². The number of hydrogen-bond donors (Lipinski definition) is 2. The van der Waals surface area contributed by atoms with Gasteiger partial charge in [-0.1, -0.05) is 32.4 Å².